The first-order chi connectivity index (χ1) is 12.5. The normalized spacial score (nSPS) is 10.6. The van der Waals surface area contributed by atoms with E-state index in [2.05, 4.69) is 15.3 Å². The standard InChI is InChI=1S/C19H18ClN3O2S/c1-12-6-16(7-13(2)18(12)20)25-10-17(24)22-9-15-11-26-19(23-15)14-4-3-5-21-8-14/h3-8,11H,9-10H2,1-2H3,(H,22,24). The molecule has 0 aliphatic heterocycles. The second-order valence-electron chi connectivity index (χ2n) is 5.82. The predicted octanol–water partition coefficient (Wildman–Crippen LogP) is 4.17. The zero-order valence-corrected chi connectivity index (χ0v) is 16.0. The van der Waals surface area contributed by atoms with Gasteiger partial charge in [-0.05, 0) is 49.2 Å². The van der Waals surface area contributed by atoms with E-state index in [1.165, 1.54) is 11.3 Å². The summed E-state index contributed by atoms with van der Waals surface area (Å²) in [4.78, 5) is 20.6. The lowest BCUT2D eigenvalue weighted by atomic mass is 10.1. The van der Waals surface area contributed by atoms with Crippen LogP contribution >= 0.6 is 22.9 Å². The number of hydrogen-bond donors (Lipinski definition) is 1. The minimum absolute atomic E-state index is 0.0554. The Kier molecular flexibility index (Phi) is 5.85. The van der Waals surface area contributed by atoms with Crippen LogP contribution in [0.5, 0.6) is 5.75 Å². The number of carbonyl (C=O) groups is 1. The summed E-state index contributed by atoms with van der Waals surface area (Å²) in [6.45, 7) is 4.12. The first-order valence-corrected chi connectivity index (χ1v) is 9.30. The Balaban J connectivity index is 1.51. The fourth-order valence-electron chi connectivity index (χ4n) is 2.39. The Morgan fingerprint density at radius 1 is 1.31 bits per heavy atom. The summed E-state index contributed by atoms with van der Waals surface area (Å²) in [5, 5.41) is 6.34. The number of thiazole rings is 1. The molecule has 0 fully saturated rings. The zero-order chi connectivity index (χ0) is 18.5. The molecule has 0 radical (unpaired) electrons. The van der Waals surface area contributed by atoms with Gasteiger partial charge in [-0.3, -0.25) is 9.78 Å². The van der Waals surface area contributed by atoms with Crippen molar-refractivity contribution in [2.75, 3.05) is 6.61 Å². The molecule has 0 unspecified atom stereocenters. The highest BCUT2D eigenvalue weighted by atomic mass is 35.5. The maximum atomic E-state index is 12.0. The van der Waals surface area contributed by atoms with E-state index in [1.54, 1.807) is 12.4 Å². The smallest absolute Gasteiger partial charge is 0.258 e. The van der Waals surface area contributed by atoms with E-state index in [-0.39, 0.29) is 12.5 Å². The minimum Gasteiger partial charge on any atom is -0.484 e. The van der Waals surface area contributed by atoms with Crippen molar-refractivity contribution in [3.8, 4) is 16.3 Å². The summed E-state index contributed by atoms with van der Waals surface area (Å²) in [7, 11) is 0. The van der Waals surface area contributed by atoms with Crippen LogP contribution in [-0.2, 0) is 11.3 Å². The summed E-state index contributed by atoms with van der Waals surface area (Å²) in [5.41, 5.74) is 3.62. The summed E-state index contributed by atoms with van der Waals surface area (Å²) >= 11 is 7.65. The summed E-state index contributed by atoms with van der Waals surface area (Å²) < 4.78 is 5.55. The third kappa shape index (κ3) is 4.59. The van der Waals surface area contributed by atoms with Crippen LogP contribution in [0, 0.1) is 13.8 Å². The summed E-state index contributed by atoms with van der Waals surface area (Å²) in [6.07, 6.45) is 3.49. The van der Waals surface area contributed by atoms with Crippen LogP contribution in [0.15, 0.2) is 42.0 Å². The third-order valence-electron chi connectivity index (χ3n) is 3.71. The molecule has 0 saturated carbocycles. The van der Waals surface area contributed by atoms with Gasteiger partial charge in [0.25, 0.3) is 5.91 Å². The average Bonchev–Trinajstić information content (AvgIpc) is 3.12. The van der Waals surface area contributed by atoms with Crippen molar-refractivity contribution in [3.05, 3.63) is 63.9 Å². The van der Waals surface area contributed by atoms with E-state index in [9.17, 15) is 4.79 Å². The summed E-state index contributed by atoms with van der Waals surface area (Å²) in [5.74, 6) is 0.429. The molecule has 0 aliphatic carbocycles. The van der Waals surface area contributed by atoms with Gasteiger partial charge in [-0.2, -0.15) is 0 Å². The van der Waals surface area contributed by atoms with E-state index in [0.29, 0.717) is 12.3 Å². The van der Waals surface area contributed by atoms with Gasteiger partial charge in [-0.1, -0.05) is 11.6 Å². The molecule has 0 aliphatic rings. The van der Waals surface area contributed by atoms with Crippen molar-refractivity contribution in [1.82, 2.24) is 15.3 Å². The molecular formula is C19H18ClN3O2S. The molecular weight excluding hydrogens is 370 g/mol. The molecule has 134 valence electrons. The Bertz CT molecular complexity index is 889. The lowest BCUT2D eigenvalue weighted by Crippen LogP contribution is -2.28. The molecule has 7 heteroatoms. The van der Waals surface area contributed by atoms with E-state index in [4.69, 9.17) is 16.3 Å². The zero-order valence-electron chi connectivity index (χ0n) is 14.5. The van der Waals surface area contributed by atoms with Crippen LogP contribution < -0.4 is 10.1 Å². The number of benzene rings is 1. The number of carbonyl (C=O) groups excluding carboxylic acids is 1. The molecule has 0 saturated heterocycles. The first kappa shape index (κ1) is 18.4. The monoisotopic (exact) mass is 387 g/mol. The van der Waals surface area contributed by atoms with Crippen molar-refractivity contribution in [2.24, 2.45) is 0 Å². The van der Waals surface area contributed by atoms with Gasteiger partial charge in [-0.25, -0.2) is 4.98 Å². The molecule has 0 spiro atoms. The van der Waals surface area contributed by atoms with E-state index in [0.717, 1.165) is 32.4 Å². The molecule has 3 rings (SSSR count). The van der Waals surface area contributed by atoms with Gasteiger partial charge < -0.3 is 10.1 Å². The van der Waals surface area contributed by atoms with Gasteiger partial charge in [-0.15, -0.1) is 11.3 Å². The SMILES string of the molecule is Cc1cc(OCC(=O)NCc2csc(-c3cccnc3)n2)cc(C)c1Cl. The van der Waals surface area contributed by atoms with Gasteiger partial charge in [0.2, 0.25) is 0 Å². The van der Waals surface area contributed by atoms with Crippen LogP contribution in [0.3, 0.4) is 0 Å². The van der Waals surface area contributed by atoms with Crippen molar-refractivity contribution in [1.29, 1.82) is 0 Å². The Morgan fingerprint density at radius 2 is 2.08 bits per heavy atom. The number of nitrogens with one attached hydrogen (secondary N) is 1. The Labute approximate surface area is 161 Å². The number of aromatic nitrogens is 2. The predicted molar refractivity (Wildman–Crippen MR) is 104 cm³/mol. The fraction of sp³-hybridized carbons (Fsp3) is 0.211. The molecule has 5 nitrogen and oxygen atoms in total. The number of pyridine rings is 1. The van der Waals surface area contributed by atoms with Crippen molar-refractivity contribution >= 4 is 28.8 Å². The van der Waals surface area contributed by atoms with Gasteiger partial charge >= 0.3 is 0 Å². The quantitative estimate of drug-likeness (QED) is 0.689. The minimum atomic E-state index is -0.203. The molecule has 0 bridgehead atoms. The Morgan fingerprint density at radius 3 is 2.77 bits per heavy atom. The van der Waals surface area contributed by atoms with E-state index < -0.39 is 0 Å². The molecule has 3 aromatic rings. The average molecular weight is 388 g/mol. The van der Waals surface area contributed by atoms with Gasteiger partial charge in [0.15, 0.2) is 6.61 Å². The highest BCUT2D eigenvalue weighted by Crippen LogP contribution is 2.26. The molecule has 1 amide bonds. The highest BCUT2D eigenvalue weighted by molar-refractivity contribution is 7.13. The summed E-state index contributed by atoms with van der Waals surface area (Å²) in [6, 6.07) is 7.47. The van der Waals surface area contributed by atoms with Gasteiger partial charge in [0.1, 0.15) is 10.8 Å². The molecule has 1 aromatic carbocycles. The number of nitrogens with zero attached hydrogens (tertiary/aromatic N) is 2. The molecule has 2 aromatic heterocycles. The molecule has 1 N–H and O–H groups in total. The first-order valence-electron chi connectivity index (χ1n) is 8.04. The number of rotatable bonds is 6. The Hall–Kier alpha value is -2.44. The van der Waals surface area contributed by atoms with Crippen molar-refractivity contribution in [3.63, 3.8) is 0 Å². The van der Waals surface area contributed by atoms with Crippen LogP contribution in [-0.4, -0.2) is 22.5 Å². The van der Waals surface area contributed by atoms with E-state index >= 15 is 0 Å². The number of amides is 1. The fourth-order valence-corrected chi connectivity index (χ4v) is 3.31. The highest BCUT2D eigenvalue weighted by Gasteiger charge is 2.09. The lowest BCUT2D eigenvalue weighted by Gasteiger charge is -2.10. The number of ether oxygens (including phenoxy) is 1. The molecule has 26 heavy (non-hydrogen) atoms. The van der Waals surface area contributed by atoms with Crippen molar-refractivity contribution < 1.29 is 9.53 Å². The van der Waals surface area contributed by atoms with Crippen molar-refractivity contribution in [2.45, 2.75) is 20.4 Å². The largest absolute Gasteiger partial charge is 0.484 e. The number of halogens is 1. The van der Waals surface area contributed by atoms with Crippen LogP contribution in [0.4, 0.5) is 0 Å². The maximum Gasteiger partial charge on any atom is 0.258 e. The molecule has 0 atom stereocenters. The second kappa shape index (κ2) is 8.29. The van der Waals surface area contributed by atoms with E-state index in [1.807, 2.05) is 43.5 Å². The molecule has 2 heterocycles. The second-order valence-corrected chi connectivity index (χ2v) is 7.06. The lowest BCUT2D eigenvalue weighted by molar-refractivity contribution is -0.123. The van der Waals surface area contributed by atoms with Gasteiger partial charge in [0.05, 0.1) is 12.2 Å². The maximum absolute atomic E-state index is 12.0. The van der Waals surface area contributed by atoms with Crippen LogP contribution in [0.2, 0.25) is 5.02 Å². The number of hydrogen-bond acceptors (Lipinski definition) is 5. The van der Waals surface area contributed by atoms with Crippen LogP contribution in [0.25, 0.3) is 10.6 Å². The topological polar surface area (TPSA) is 64.1 Å². The van der Waals surface area contributed by atoms with Gasteiger partial charge in [0, 0.05) is 28.4 Å². The third-order valence-corrected chi connectivity index (χ3v) is 5.24. The number of aryl methyl sites for hydroxylation is 2. The van der Waals surface area contributed by atoms with Crippen LogP contribution in [0.1, 0.15) is 16.8 Å².